The molecule has 132 valence electrons. The summed E-state index contributed by atoms with van der Waals surface area (Å²) in [6.45, 7) is 6.87. The molecule has 1 saturated heterocycles. The first-order valence-corrected chi connectivity index (χ1v) is 9.31. The van der Waals surface area contributed by atoms with Crippen molar-refractivity contribution in [2.24, 2.45) is 0 Å². The summed E-state index contributed by atoms with van der Waals surface area (Å²) in [5.74, 6) is 0. The van der Waals surface area contributed by atoms with Crippen molar-refractivity contribution in [2.75, 3.05) is 31.1 Å². The van der Waals surface area contributed by atoms with E-state index in [1.165, 1.54) is 43.5 Å². The van der Waals surface area contributed by atoms with Crippen molar-refractivity contribution in [1.82, 2.24) is 14.9 Å². The van der Waals surface area contributed by atoms with Crippen molar-refractivity contribution < 1.29 is 5.11 Å². The van der Waals surface area contributed by atoms with Crippen LogP contribution in [0, 0.1) is 0 Å². The second-order valence-corrected chi connectivity index (χ2v) is 7.07. The number of aliphatic hydroxyl groups excluding tert-OH is 1. The first-order valence-electron chi connectivity index (χ1n) is 9.31. The Morgan fingerprint density at radius 3 is 2.60 bits per heavy atom. The van der Waals surface area contributed by atoms with Gasteiger partial charge in [0.1, 0.15) is 12.4 Å². The molecule has 5 nitrogen and oxygen atoms in total. The molecule has 1 atom stereocenters. The first-order chi connectivity index (χ1) is 12.3. The summed E-state index contributed by atoms with van der Waals surface area (Å²) in [6, 6.07) is 7.02. The molecule has 4 rings (SSSR count). The minimum Gasteiger partial charge on any atom is -0.384 e. The maximum Gasteiger partial charge on any atom is 0.115 e. The molecule has 2 aliphatic rings. The molecule has 2 aliphatic heterocycles. The average Bonchev–Trinajstić information content (AvgIpc) is 3.11. The van der Waals surface area contributed by atoms with E-state index in [1.807, 2.05) is 6.07 Å². The topological polar surface area (TPSA) is 52.5 Å². The third-order valence-electron chi connectivity index (χ3n) is 5.70. The zero-order chi connectivity index (χ0) is 17.2. The van der Waals surface area contributed by atoms with Gasteiger partial charge in [-0.05, 0) is 43.0 Å². The van der Waals surface area contributed by atoms with E-state index in [1.54, 1.807) is 12.4 Å². The Balaban J connectivity index is 1.55. The predicted octanol–water partition coefficient (Wildman–Crippen LogP) is 2.41. The van der Waals surface area contributed by atoms with Gasteiger partial charge in [-0.15, -0.1) is 0 Å². The lowest BCUT2D eigenvalue weighted by atomic mass is 9.99. The summed E-state index contributed by atoms with van der Waals surface area (Å²) in [5, 5.41) is 10.7. The smallest absolute Gasteiger partial charge is 0.115 e. The number of nitrogens with zero attached hydrogens (tertiary/aromatic N) is 4. The van der Waals surface area contributed by atoms with Crippen LogP contribution in [0.15, 0.2) is 36.9 Å². The Morgan fingerprint density at radius 1 is 1.12 bits per heavy atom. The van der Waals surface area contributed by atoms with Gasteiger partial charge in [-0.1, -0.05) is 19.1 Å². The average molecular weight is 338 g/mol. The van der Waals surface area contributed by atoms with Crippen LogP contribution in [0.5, 0.6) is 0 Å². The molecule has 1 N–H and O–H groups in total. The Kier molecular flexibility index (Phi) is 4.68. The molecule has 0 aliphatic carbocycles. The fourth-order valence-corrected chi connectivity index (χ4v) is 4.16. The van der Waals surface area contributed by atoms with E-state index in [-0.39, 0.29) is 0 Å². The number of benzene rings is 1. The highest BCUT2D eigenvalue weighted by atomic mass is 16.3. The maximum atomic E-state index is 10.7. The zero-order valence-electron chi connectivity index (χ0n) is 14.8. The molecule has 1 aromatic heterocycles. The number of piperidine rings is 1. The molecule has 25 heavy (non-hydrogen) atoms. The zero-order valence-corrected chi connectivity index (χ0v) is 14.8. The highest BCUT2D eigenvalue weighted by molar-refractivity contribution is 5.61. The molecule has 0 amide bonds. The maximum absolute atomic E-state index is 10.7. The summed E-state index contributed by atoms with van der Waals surface area (Å²) in [7, 11) is 0. The minimum absolute atomic E-state index is 0.622. The van der Waals surface area contributed by atoms with Crippen LogP contribution in [0.2, 0.25) is 0 Å². The van der Waals surface area contributed by atoms with E-state index in [0.717, 1.165) is 30.6 Å². The summed E-state index contributed by atoms with van der Waals surface area (Å²) in [5.41, 5.74) is 4.37. The second-order valence-electron chi connectivity index (χ2n) is 7.07. The van der Waals surface area contributed by atoms with Gasteiger partial charge in [-0.25, -0.2) is 9.97 Å². The quantitative estimate of drug-likeness (QED) is 0.928. The van der Waals surface area contributed by atoms with E-state index < -0.39 is 6.10 Å². The largest absolute Gasteiger partial charge is 0.384 e. The molecule has 5 heteroatoms. The van der Waals surface area contributed by atoms with Crippen LogP contribution in [0.4, 0.5) is 5.69 Å². The summed E-state index contributed by atoms with van der Waals surface area (Å²) in [4.78, 5) is 13.1. The Hall–Kier alpha value is -1.98. The van der Waals surface area contributed by atoms with Gasteiger partial charge in [0.15, 0.2) is 0 Å². The number of likely N-dealkylation sites (tertiary alicyclic amines) is 1. The molecule has 0 spiro atoms. The predicted molar refractivity (Wildman–Crippen MR) is 98.7 cm³/mol. The van der Waals surface area contributed by atoms with Gasteiger partial charge in [0, 0.05) is 49.3 Å². The summed E-state index contributed by atoms with van der Waals surface area (Å²) >= 11 is 0. The van der Waals surface area contributed by atoms with E-state index in [4.69, 9.17) is 0 Å². The van der Waals surface area contributed by atoms with Gasteiger partial charge in [0.2, 0.25) is 0 Å². The minimum atomic E-state index is -0.670. The molecule has 0 bridgehead atoms. The lowest BCUT2D eigenvalue weighted by Crippen LogP contribution is -2.44. The number of aliphatic hydroxyl groups is 1. The van der Waals surface area contributed by atoms with Crippen molar-refractivity contribution in [3.05, 3.63) is 53.6 Å². The third-order valence-corrected chi connectivity index (χ3v) is 5.70. The lowest BCUT2D eigenvalue weighted by Gasteiger charge is -2.37. The van der Waals surface area contributed by atoms with E-state index in [2.05, 4.69) is 38.8 Å². The van der Waals surface area contributed by atoms with Crippen LogP contribution in [-0.4, -0.2) is 52.2 Å². The SMILES string of the molecule is CCN1CCC(N2CCc3ccc(C(O)c4cncnc4)cc32)CC1. The summed E-state index contributed by atoms with van der Waals surface area (Å²) in [6.07, 6.45) is 7.75. The van der Waals surface area contributed by atoms with Crippen LogP contribution in [0.3, 0.4) is 0 Å². The highest BCUT2D eigenvalue weighted by Crippen LogP contribution is 2.35. The van der Waals surface area contributed by atoms with Crippen LogP contribution in [0.25, 0.3) is 0 Å². The lowest BCUT2D eigenvalue weighted by molar-refractivity contribution is 0.218. The van der Waals surface area contributed by atoms with Crippen LogP contribution < -0.4 is 4.90 Å². The Labute approximate surface area is 149 Å². The number of hydrogen-bond acceptors (Lipinski definition) is 5. The molecule has 1 unspecified atom stereocenters. The molecule has 0 saturated carbocycles. The first kappa shape index (κ1) is 16.5. The van der Waals surface area contributed by atoms with Gasteiger partial charge in [-0.2, -0.15) is 0 Å². The number of fused-ring (bicyclic) bond motifs is 1. The molecule has 3 heterocycles. The van der Waals surface area contributed by atoms with Crippen molar-refractivity contribution in [3.63, 3.8) is 0 Å². The standard InChI is InChI=1S/C20H26N4O/c1-2-23-8-6-18(7-9-23)24-10-5-15-3-4-16(11-19(15)24)20(25)17-12-21-14-22-13-17/h3-4,11-14,18,20,25H,2,5-10H2,1H3. The molecule has 1 aromatic carbocycles. The van der Waals surface area contributed by atoms with Gasteiger partial charge in [-0.3, -0.25) is 0 Å². The summed E-state index contributed by atoms with van der Waals surface area (Å²) < 4.78 is 0. The van der Waals surface area contributed by atoms with Gasteiger partial charge in [0.25, 0.3) is 0 Å². The fourth-order valence-electron chi connectivity index (χ4n) is 4.16. The molecule has 2 aromatic rings. The van der Waals surface area contributed by atoms with Gasteiger partial charge < -0.3 is 14.9 Å². The second kappa shape index (κ2) is 7.10. The monoisotopic (exact) mass is 338 g/mol. The van der Waals surface area contributed by atoms with Gasteiger partial charge >= 0.3 is 0 Å². The number of aromatic nitrogens is 2. The molecular formula is C20H26N4O. The number of hydrogen-bond donors (Lipinski definition) is 1. The van der Waals surface area contributed by atoms with Crippen LogP contribution in [0.1, 0.15) is 42.6 Å². The molecule has 1 fully saturated rings. The van der Waals surface area contributed by atoms with E-state index >= 15 is 0 Å². The third kappa shape index (κ3) is 3.26. The highest BCUT2D eigenvalue weighted by Gasteiger charge is 2.29. The van der Waals surface area contributed by atoms with Crippen LogP contribution in [-0.2, 0) is 6.42 Å². The van der Waals surface area contributed by atoms with Crippen molar-refractivity contribution in [3.8, 4) is 0 Å². The molecule has 0 radical (unpaired) electrons. The normalized spacial score (nSPS) is 19.8. The Bertz CT molecular complexity index is 713. The molecular weight excluding hydrogens is 312 g/mol. The van der Waals surface area contributed by atoms with Crippen molar-refractivity contribution in [2.45, 2.75) is 38.3 Å². The fraction of sp³-hybridized carbons (Fsp3) is 0.500. The van der Waals surface area contributed by atoms with E-state index in [0.29, 0.717) is 6.04 Å². The van der Waals surface area contributed by atoms with Crippen molar-refractivity contribution in [1.29, 1.82) is 0 Å². The van der Waals surface area contributed by atoms with Crippen LogP contribution >= 0.6 is 0 Å². The number of anilines is 1. The number of rotatable bonds is 4. The Morgan fingerprint density at radius 2 is 1.88 bits per heavy atom. The van der Waals surface area contributed by atoms with Crippen molar-refractivity contribution >= 4 is 5.69 Å². The van der Waals surface area contributed by atoms with Gasteiger partial charge in [0.05, 0.1) is 0 Å². The van der Waals surface area contributed by atoms with E-state index in [9.17, 15) is 5.11 Å².